The number of anilines is 1. The number of amides is 1. The van der Waals surface area contributed by atoms with Gasteiger partial charge in [-0.2, -0.15) is 0 Å². The number of aryl methyl sites for hydroxylation is 3. The van der Waals surface area contributed by atoms with Crippen molar-refractivity contribution in [2.45, 2.75) is 53.0 Å². The normalized spacial score (nSPS) is 13.6. The minimum Gasteiger partial charge on any atom is -0.492 e. The maximum Gasteiger partial charge on any atom is 0.224 e. The SMILES string of the molecule is CCNC(=NCc1c(CC)noc1CC)NCCOc1ccc2c(c1)CCC(=O)N2. The van der Waals surface area contributed by atoms with Crippen LogP contribution in [0, 0.1) is 0 Å². The summed E-state index contributed by atoms with van der Waals surface area (Å²) in [4.78, 5) is 16.1. The number of carbonyl (C=O) groups is 1. The average Bonchev–Trinajstić information content (AvgIpc) is 3.16. The molecule has 0 unspecified atom stereocenters. The molecule has 0 fully saturated rings. The minimum atomic E-state index is 0.0684. The number of ether oxygens (including phenoxy) is 1. The number of hydrogen-bond acceptors (Lipinski definition) is 5. The number of nitrogens with one attached hydrogen (secondary N) is 3. The predicted octanol–water partition coefficient (Wildman–Crippen LogP) is 2.82. The van der Waals surface area contributed by atoms with Gasteiger partial charge in [0.15, 0.2) is 5.96 Å². The van der Waals surface area contributed by atoms with Gasteiger partial charge >= 0.3 is 0 Å². The lowest BCUT2D eigenvalue weighted by Crippen LogP contribution is -2.39. The Balaban J connectivity index is 1.52. The van der Waals surface area contributed by atoms with Crippen LogP contribution in [-0.2, 0) is 30.6 Å². The van der Waals surface area contributed by atoms with Crippen LogP contribution in [0.25, 0.3) is 0 Å². The smallest absolute Gasteiger partial charge is 0.224 e. The van der Waals surface area contributed by atoms with Crippen molar-refractivity contribution in [3.63, 3.8) is 0 Å². The molecule has 1 amide bonds. The monoisotopic (exact) mass is 413 g/mol. The van der Waals surface area contributed by atoms with Crippen LogP contribution in [0.1, 0.15) is 49.8 Å². The van der Waals surface area contributed by atoms with Crippen molar-refractivity contribution in [2.75, 3.05) is 25.0 Å². The van der Waals surface area contributed by atoms with Gasteiger partial charge in [-0.05, 0) is 43.5 Å². The number of guanidine groups is 1. The largest absolute Gasteiger partial charge is 0.492 e. The second-order valence-corrected chi connectivity index (χ2v) is 7.08. The fourth-order valence-electron chi connectivity index (χ4n) is 3.40. The molecule has 30 heavy (non-hydrogen) atoms. The van der Waals surface area contributed by atoms with Gasteiger partial charge < -0.3 is 25.2 Å². The summed E-state index contributed by atoms with van der Waals surface area (Å²) >= 11 is 0. The van der Waals surface area contributed by atoms with Gasteiger partial charge in [0.1, 0.15) is 18.1 Å². The van der Waals surface area contributed by atoms with E-state index in [-0.39, 0.29) is 5.91 Å². The van der Waals surface area contributed by atoms with E-state index in [0.717, 1.165) is 65.8 Å². The first-order chi connectivity index (χ1) is 14.6. The highest BCUT2D eigenvalue weighted by Crippen LogP contribution is 2.26. The summed E-state index contributed by atoms with van der Waals surface area (Å²) in [5, 5.41) is 13.6. The van der Waals surface area contributed by atoms with E-state index in [1.165, 1.54) is 0 Å². The summed E-state index contributed by atoms with van der Waals surface area (Å²) in [6.07, 6.45) is 2.90. The standard InChI is InChI=1S/C22H31N5O3/c1-4-18-17(20(5-2)30-27-18)14-25-22(23-6-3)24-11-12-29-16-8-9-19-15(13-16)7-10-21(28)26-19/h8-9,13H,4-7,10-12,14H2,1-3H3,(H,26,28)(H2,23,24,25). The fourth-order valence-corrected chi connectivity index (χ4v) is 3.40. The zero-order valence-corrected chi connectivity index (χ0v) is 18.0. The van der Waals surface area contributed by atoms with Crippen molar-refractivity contribution in [3.8, 4) is 5.75 Å². The van der Waals surface area contributed by atoms with E-state index in [0.29, 0.717) is 26.1 Å². The summed E-state index contributed by atoms with van der Waals surface area (Å²) in [6, 6.07) is 5.78. The summed E-state index contributed by atoms with van der Waals surface area (Å²) in [5.41, 5.74) is 4.04. The van der Waals surface area contributed by atoms with Crippen LogP contribution in [0.4, 0.5) is 5.69 Å². The number of fused-ring (bicyclic) bond motifs is 1. The van der Waals surface area contributed by atoms with E-state index in [2.05, 4.69) is 39.9 Å². The summed E-state index contributed by atoms with van der Waals surface area (Å²) < 4.78 is 11.3. The first kappa shape index (κ1) is 21.7. The van der Waals surface area contributed by atoms with Crippen LogP contribution < -0.4 is 20.7 Å². The molecule has 162 valence electrons. The lowest BCUT2D eigenvalue weighted by atomic mass is 10.0. The number of rotatable bonds is 9. The van der Waals surface area contributed by atoms with E-state index in [4.69, 9.17) is 9.26 Å². The van der Waals surface area contributed by atoms with Crippen molar-refractivity contribution in [3.05, 3.63) is 40.8 Å². The second-order valence-electron chi connectivity index (χ2n) is 7.08. The van der Waals surface area contributed by atoms with Crippen LogP contribution in [0.3, 0.4) is 0 Å². The first-order valence-corrected chi connectivity index (χ1v) is 10.7. The molecular weight excluding hydrogens is 382 g/mol. The van der Waals surface area contributed by atoms with Crippen molar-refractivity contribution >= 4 is 17.6 Å². The highest BCUT2D eigenvalue weighted by molar-refractivity contribution is 5.94. The van der Waals surface area contributed by atoms with E-state index in [9.17, 15) is 4.79 Å². The molecule has 2 heterocycles. The molecule has 3 rings (SSSR count). The molecule has 1 aromatic heterocycles. The van der Waals surface area contributed by atoms with E-state index < -0.39 is 0 Å². The Labute approximate surface area is 177 Å². The Morgan fingerprint density at radius 1 is 1.23 bits per heavy atom. The molecule has 3 N–H and O–H groups in total. The van der Waals surface area contributed by atoms with Crippen LogP contribution in [0.15, 0.2) is 27.7 Å². The maximum absolute atomic E-state index is 11.5. The molecule has 0 aliphatic carbocycles. The summed E-state index contributed by atoms with van der Waals surface area (Å²) in [5.74, 6) is 2.51. The molecule has 1 aliphatic heterocycles. The van der Waals surface area contributed by atoms with Gasteiger partial charge in [0.05, 0.1) is 18.8 Å². The molecule has 0 saturated carbocycles. The van der Waals surface area contributed by atoms with Gasteiger partial charge in [-0.25, -0.2) is 4.99 Å². The Bertz CT molecular complexity index is 869. The number of aliphatic imine (C=N–C) groups is 1. The van der Waals surface area contributed by atoms with Crippen LogP contribution in [0.2, 0.25) is 0 Å². The Morgan fingerprint density at radius 2 is 2.10 bits per heavy atom. The van der Waals surface area contributed by atoms with Crippen molar-refractivity contribution in [2.24, 2.45) is 4.99 Å². The number of carbonyl (C=O) groups excluding carboxylic acids is 1. The number of benzene rings is 1. The third kappa shape index (κ3) is 5.52. The van der Waals surface area contributed by atoms with E-state index in [1.54, 1.807) is 0 Å². The second kappa shape index (κ2) is 10.7. The molecular formula is C22H31N5O3. The Morgan fingerprint density at radius 3 is 2.87 bits per heavy atom. The molecule has 2 aromatic rings. The van der Waals surface area contributed by atoms with Gasteiger partial charge in [0, 0.05) is 30.6 Å². The molecule has 0 radical (unpaired) electrons. The molecule has 0 atom stereocenters. The third-order valence-electron chi connectivity index (χ3n) is 4.98. The number of hydrogen-bond donors (Lipinski definition) is 3. The van der Waals surface area contributed by atoms with Gasteiger partial charge in [0.25, 0.3) is 0 Å². The zero-order valence-electron chi connectivity index (χ0n) is 18.0. The maximum atomic E-state index is 11.5. The van der Waals surface area contributed by atoms with Crippen LogP contribution in [-0.4, -0.2) is 36.7 Å². The average molecular weight is 414 g/mol. The third-order valence-corrected chi connectivity index (χ3v) is 4.98. The summed E-state index contributed by atoms with van der Waals surface area (Å²) in [6.45, 7) is 8.58. The molecule has 1 aliphatic rings. The van der Waals surface area contributed by atoms with Crippen LogP contribution >= 0.6 is 0 Å². The zero-order chi connectivity index (χ0) is 21.3. The number of aromatic nitrogens is 1. The lowest BCUT2D eigenvalue weighted by molar-refractivity contribution is -0.116. The summed E-state index contributed by atoms with van der Waals surface area (Å²) in [7, 11) is 0. The van der Waals surface area contributed by atoms with Gasteiger partial charge in [-0.15, -0.1) is 0 Å². The quantitative estimate of drug-likeness (QED) is 0.332. The lowest BCUT2D eigenvalue weighted by Gasteiger charge is -2.18. The van der Waals surface area contributed by atoms with Gasteiger partial charge in [0.2, 0.25) is 5.91 Å². The van der Waals surface area contributed by atoms with E-state index in [1.807, 2.05) is 25.1 Å². The van der Waals surface area contributed by atoms with Crippen molar-refractivity contribution < 1.29 is 14.1 Å². The minimum absolute atomic E-state index is 0.0684. The molecule has 8 nitrogen and oxygen atoms in total. The molecule has 0 spiro atoms. The van der Waals surface area contributed by atoms with Crippen molar-refractivity contribution in [1.29, 1.82) is 0 Å². The van der Waals surface area contributed by atoms with Gasteiger partial charge in [-0.3, -0.25) is 4.79 Å². The highest BCUT2D eigenvalue weighted by atomic mass is 16.5. The first-order valence-electron chi connectivity index (χ1n) is 10.7. The fraction of sp³-hybridized carbons (Fsp3) is 0.500. The highest BCUT2D eigenvalue weighted by Gasteiger charge is 2.15. The van der Waals surface area contributed by atoms with E-state index >= 15 is 0 Å². The predicted molar refractivity (Wildman–Crippen MR) is 117 cm³/mol. The molecule has 1 aromatic carbocycles. The van der Waals surface area contributed by atoms with Crippen LogP contribution in [0.5, 0.6) is 5.75 Å². The Hall–Kier alpha value is -3.03. The van der Waals surface area contributed by atoms with Gasteiger partial charge in [-0.1, -0.05) is 19.0 Å². The molecule has 0 bridgehead atoms. The number of nitrogens with zero attached hydrogens (tertiary/aromatic N) is 2. The molecule has 0 saturated heterocycles. The molecule has 8 heteroatoms. The Kier molecular flexibility index (Phi) is 7.70. The topological polar surface area (TPSA) is 101 Å². The van der Waals surface area contributed by atoms with Crippen molar-refractivity contribution in [1.82, 2.24) is 15.8 Å².